The number of halogens is 2. The molecule has 0 fully saturated rings. The highest BCUT2D eigenvalue weighted by Gasteiger charge is 2.14. The molecule has 0 aliphatic carbocycles. The molecule has 0 bridgehead atoms. The number of carbonyl (C=O) groups is 3. The first kappa shape index (κ1) is 22.4. The average Bonchev–Trinajstić information content (AvgIpc) is 3.10. The predicted molar refractivity (Wildman–Crippen MR) is 110 cm³/mol. The summed E-state index contributed by atoms with van der Waals surface area (Å²) in [6, 6.07) is 5.47. The van der Waals surface area contributed by atoms with Crippen LogP contribution >= 0.6 is 22.9 Å². The van der Waals surface area contributed by atoms with Crippen molar-refractivity contribution in [3.63, 3.8) is 0 Å². The SMILES string of the molecule is C=C(CCNC(=O)COc1ccc(Cl)c(F)c1)NC(=O)c1ccsc1NC(C)=O. The van der Waals surface area contributed by atoms with Gasteiger partial charge in [-0.3, -0.25) is 14.4 Å². The molecule has 1 heterocycles. The molecule has 154 valence electrons. The maximum Gasteiger partial charge on any atom is 0.258 e. The number of nitrogens with one attached hydrogen (secondary N) is 3. The standard InChI is InChI=1S/C19H19ClFN3O4S/c1-11(23-18(27)14-6-8-29-19(14)24-12(2)25)5-7-22-17(26)10-28-13-3-4-15(20)16(21)9-13/h3-4,6,8-9H,1,5,7,10H2,2H3,(H,22,26)(H,23,27)(H,24,25). The van der Waals surface area contributed by atoms with E-state index in [0.717, 1.165) is 6.07 Å². The van der Waals surface area contributed by atoms with Gasteiger partial charge in [0.2, 0.25) is 5.91 Å². The number of benzene rings is 1. The minimum absolute atomic E-state index is 0.0333. The largest absolute Gasteiger partial charge is 0.484 e. The molecule has 0 radical (unpaired) electrons. The van der Waals surface area contributed by atoms with Crippen LogP contribution in [0, 0.1) is 5.82 Å². The number of carbonyl (C=O) groups excluding carboxylic acids is 3. The molecule has 7 nitrogen and oxygen atoms in total. The van der Waals surface area contributed by atoms with Crippen molar-refractivity contribution in [2.75, 3.05) is 18.5 Å². The highest BCUT2D eigenvalue weighted by molar-refractivity contribution is 7.14. The number of ether oxygens (including phenoxy) is 1. The summed E-state index contributed by atoms with van der Waals surface area (Å²) >= 11 is 6.81. The summed E-state index contributed by atoms with van der Waals surface area (Å²) < 4.78 is 18.5. The zero-order chi connectivity index (χ0) is 21.4. The van der Waals surface area contributed by atoms with Crippen molar-refractivity contribution < 1.29 is 23.5 Å². The molecule has 29 heavy (non-hydrogen) atoms. The highest BCUT2D eigenvalue weighted by atomic mass is 35.5. The monoisotopic (exact) mass is 439 g/mol. The van der Waals surface area contributed by atoms with E-state index < -0.39 is 17.6 Å². The van der Waals surface area contributed by atoms with Crippen LogP contribution in [0.1, 0.15) is 23.7 Å². The van der Waals surface area contributed by atoms with Crippen LogP contribution in [0.25, 0.3) is 0 Å². The van der Waals surface area contributed by atoms with Gasteiger partial charge in [-0.2, -0.15) is 0 Å². The molecule has 2 aromatic rings. The van der Waals surface area contributed by atoms with E-state index in [1.165, 1.54) is 30.4 Å². The molecular weight excluding hydrogens is 421 g/mol. The van der Waals surface area contributed by atoms with Gasteiger partial charge in [0, 0.05) is 31.7 Å². The summed E-state index contributed by atoms with van der Waals surface area (Å²) in [4.78, 5) is 35.2. The Kier molecular flexibility index (Phi) is 8.17. The summed E-state index contributed by atoms with van der Waals surface area (Å²) in [5.74, 6) is -1.54. The minimum atomic E-state index is -0.635. The first-order chi connectivity index (χ1) is 13.8. The van der Waals surface area contributed by atoms with Crippen LogP contribution in [-0.4, -0.2) is 30.9 Å². The van der Waals surface area contributed by atoms with E-state index in [2.05, 4.69) is 22.5 Å². The second-order valence-electron chi connectivity index (χ2n) is 5.87. The molecule has 10 heteroatoms. The summed E-state index contributed by atoms with van der Waals surface area (Å²) in [5.41, 5.74) is 0.731. The van der Waals surface area contributed by atoms with Gasteiger partial charge >= 0.3 is 0 Å². The molecule has 0 unspecified atom stereocenters. The molecular formula is C19H19ClFN3O4S. The number of rotatable bonds is 9. The van der Waals surface area contributed by atoms with Crippen molar-refractivity contribution >= 4 is 45.7 Å². The molecule has 0 aliphatic heterocycles. The lowest BCUT2D eigenvalue weighted by molar-refractivity contribution is -0.123. The van der Waals surface area contributed by atoms with Crippen molar-refractivity contribution in [2.24, 2.45) is 0 Å². The Labute approximate surface area is 175 Å². The average molecular weight is 440 g/mol. The Hall–Kier alpha value is -2.91. The maximum atomic E-state index is 13.3. The summed E-state index contributed by atoms with van der Waals surface area (Å²) in [5, 5.41) is 9.92. The van der Waals surface area contributed by atoms with Crippen LogP contribution in [0.3, 0.4) is 0 Å². The zero-order valence-electron chi connectivity index (χ0n) is 15.5. The second-order valence-corrected chi connectivity index (χ2v) is 7.19. The van der Waals surface area contributed by atoms with E-state index in [4.69, 9.17) is 16.3 Å². The number of thiophene rings is 1. The molecule has 0 spiro atoms. The van der Waals surface area contributed by atoms with E-state index in [-0.39, 0.29) is 29.8 Å². The maximum absolute atomic E-state index is 13.3. The molecule has 3 amide bonds. The summed E-state index contributed by atoms with van der Waals surface area (Å²) in [6.45, 7) is 5.03. The Balaban J connectivity index is 1.71. The molecule has 0 saturated carbocycles. The quantitative estimate of drug-likeness (QED) is 0.558. The van der Waals surface area contributed by atoms with Gasteiger partial charge < -0.3 is 20.7 Å². The van der Waals surface area contributed by atoms with E-state index in [9.17, 15) is 18.8 Å². The molecule has 0 atom stereocenters. The van der Waals surface area contributed by atoms with Crippen LogP contribution < -0.4 is 20.7 Å². The molecule has 1 aromatic carbocycles. The number of hydrogen-bond acceptors (Lipinski definition) is 5. The van der Waals surface area contributed by atoms with E-state index in [1.54, 1.807) is 11.4 Å². The van der Waals surface area contributed by atoms with Crippen molar-refractivity contribution in [1.82, 2.24) is 10.6 Å². The fourth-order valence-electron chi connectivity index (χ4n) is 2.15. The lowest BCUT2D eigenvalue weighted by Gasteiger charge is -2.11. The van der Waals surface area contributed by atoms with E-state index in [0.29, 0.717) is 22.7 Å². The third kappa shape index (κ3) is 7.20. The Morgan fingerprint density at radius 3 is 2.72 bits per heavy atom. The van der Waals surface area contributed by atoms with Gasteiger partial charge in [0.1, 0.15) is 16.6 Å². The third-order valence-electron chi connectivity index (χ3n) is 3.50. The van der Waals surface area contributed by atoms with Crippen LogP contribution in [0.5, 0.6) is 5.75 Å². The molecule has 2 rings (SSSR count). The number of hydrogen-bond donors (Lipinski definition) is 3. The minimum Gasteiger partial charge on any atom is -0.484 e. The fourth-order valence-corrected chi connectivity index (χ4v) is 3.10. The van der Waals surface area contributed by atoms with Gasteiger partial charge in [-0.05, 0) is 23.6 Å². The Bertz CT molecular complexity index is 932. The molecule has 0 aliphatic rings. The lowest BCUT2D eigenvalue weighted by atomic mass is 10.2. The van der Waals surface area contributed by atoms with Crippen molar-refractivity contribution in [3.05, 3.63) is 58.3 Å². The van der Waals surface area contributed by atoms with Gasteiger partial charge in [-0.15, -0.1) is 11.3 Å². The predicted octanol–water partition coefficient (Wildman–Crippen LogP) is 3.33. The Morgan fingerprint density at radius 1 is 1.28 bits per heavy atom. The fraction of sp³-hybridized carbons (Fsp3) is 0.211. The van der Waals surface area contributed by atoms with Gasteiger partial charge in [-0.25, -0.2) is 4.39 Å². The van der Waals surface area contributed by atoms with Gasteiger partial charge in [0.15, 0.2) is 6.61 Å². The number of anilines is 1. The smallest absolute Gasteiger partial charge is 0.258 e. The van der Waals surface area contributed by atoms with Crippen LogP contribution in [0.2, 0.25) is 5.02 Å². The lowest BCUT2D eigenvalue weighted by Crippen LogP contribution is -2.31. The molecule has 3 N–H and O–H groups in total. The highest BCUT2D eigenvalue weighted by Crippen LogP contribution is 2.23. The van der Waals surface area contributed by atoms with Crippen LogP contribution in [-0.2, 0) is 9.59 Å². The van der Waals surface area contributed by atoms with E-state index >= 15 is 0 Å². The van der Waals surface area contributed by atoms with Crippen LogP contribution in [0.4, 0.5) is 9.39 Å². The van der Waals surface area contributed by atoms with Gasteiger partial charge in [0.25, 0.3) is 11.8 Å². The zero-order valence-corrected chi connectivity index (χ0v) is 17.1. The summed E-state index contributed by atoms with van der Waals surface area (Å²) in [6.07, 6.45) is 0.298. The molecule has 0 saturated heterocycles. The molecule has 1 aromatic heterocycles. The second kappa shape index (κ2) is 10.6. The van der Waals surface area contributed by atoms with Crippen molar-refractivity contribution in [1.29, 1.82) is 0 Å². The van der Waals surface area contributed by atoms with Gasteiger partial charge in [0.05, 0.1) is 10.6 Å². The summed E-state index contributed by atoms with van der Waals surface area (Å²) in [7, 11) is 0. The van der Waals surface area contributed by atoms with Gasteiger partial charge in [-0.1, -0.05) is 18.2 Å². The van der Waals surface area contributed by atoms with Crippen molar-refractivity contribution in [2.45, 2.75) is 13.3 Å². The number of amides is 3. The van der Waals surface area contributed by atoms with Crippen LogP contribution in [0.15, 0.2) is 41.9 Å². The first-order valence-corrected chi connectivity index (χ1v) is 9.70. The van der Waals surface area contributed by atoms with Crippen molar-refractivity contribution in [3.8, 4) is 5.75 Å². The normalized spacial score (nSPS) is 10.2. The Morgan fingerprint density at radius 2 is 2.03 bits per heavy atom. The third-order valence-corrected chi connectivity index (χ3v) is 4.64. The topological polar surface area (TPSA) is 96.5 Å². The first-order valence-electron chi connectivity index (χ1n) is 8.45. The van der Waals surface area contributed by atoms with E-state index in [1.807, 2.05) is 0 Å².